The van der Waals surface area contributed by atoms with E-state index in [0.717, 1.165) is 37.6 Å². The monoisotopic (exact) mass is 268 g/mol. The molecule has 0 aliphatic carbocycles. The number of thioether (sulfide) groups is 1. The predicted molar refractivity (Wildman–Crippen MR) is 77.9 cm³/mol. The lowest BCUT2D eigenvalue weighted by Gasteiger charge is -2.35. The van der Waals surface area contributed by atoms with Gasteiger partial charge in [0.2, 0.25) is 5.91 Å². The summed E-state index contributed by atoms with van der Waals surface area (Å²) in [6.07, 6.45) is 3.27. The molecule has 1 fully saturated rings. The number of rotatable bonds is 1. The van der Waals surface area contributed by atoms with Gasteiger partial charge in [0.25, 0.3) is 0 Å². The van der Waals surface area contributed by atoms with E-state index in [9.17, 15) is 4.79 Å². The lowest BCUT2D eigenvalue weighted by atomic mass is 9.83. The van der Waals surface area contributed by atoms with Crippen LogP contribution in [-0.2, 0) is 4.79 Å². The Hall–Kier alpha value is -0.480. The van der Waals surface area contributed by atoms with Crippen molar-refractivity contribution in [2.24, 2.45) is 5.41 Å². The third-order valence-electron chi connectivity index (χ3n) is 3.70. The molecule has 1 N–H and O–H groups in total. The van der Waals surface area contributed by atoms with E-state index in [4.69, 9.17) is 0 Å². The first-order valence-corrected chi connectivity index (χ1v) is 7.93. The van der Waals surface area contributed by atoms with Gasteiger partial charge in [0.05, 0.1) is 6.04 Å². The van der Waals surface area contributed by atoms with Gasteiger partial charge in [0, 0.05) is 31.1 Å². The van der Waals surface area contributed by atoms with E-state index >= 15 is 0 Å². The van der Waals surface area contributed by atoms with Crippen LogP contribution in [-0.4, -0.2) is 48.0 Å². The fourth-order valence-electron chi connectivity index (χ4n) is 2.49. The van der Waals surface area contributed by atoms with Gasteiger partial charge in [-0.05, 0) is 11.8 Å². The van der Waals surface area contributed by atoms with Gasteiger partial charge in [-0.15, -0.1) is 0 Å². The summed E-state index contributed by atoms with van der Waals surface area (Å²) in [5.41, 5.74) is 1.73. The van der Waals surface area contributed by atoms with Crippen molar-refractivity contribution in [3.05, 3.63) is 11.6 Å². The topological polar surface area (TPSA) is 32.3 Å². The summed E-state index contributed by atoms with van der Waals surface area (Å²) >= 11 is 1.87. The van der Waals surface area contributed by atoms with Crippen LogP contribution >= 0.6 is 11.8 Å². The van der Waals surface area contributed by atoms with Gasteiger partial charge < -0.3 is 10.2 Å². The molecule has 1 unspecified atom stereocenters. The fraction of sp³-hybridized carbons (Fsp3) is 0.786. The third-order valence-corrected chi connectivity index (χ3v) is 4.77. The second-order valence-corrected chi connectivity index (χ2v) is 7.25. The Morgan fingerprint density at radius 1 is 1.50 bits per heavy atom. The van der Waals surface area contributed by atoms with Gasteiger partial charge in [-0.1, -0.05) is 32.4 Å². The average Bonchev–Trinajstić information content (AvgIpc) is 2.38. The molecular formula is C14H24N2OS. The molecule has 18 heavy (non-hydrogen) atoms. The highest BCUT2D eigenvalue weighted by Crippen LogP contribution is 2.30. The maximum Gasteiger partial charge on any atom is 0.240 e. The van der Waals surface area contributed by atoms with Crippen LogP contribution in [0.25, 0.3) is 0 Å². The largest absolute Gasteiger partial charge is 0.337 e. The first kappa shape index (κ1) is 13.9. The van der Waals surface area contributed by atoms with Gasteiger partial charge in [0.15, 0.2) is 0 Å². The lowest BCUT2D eigenvalue weighted by Crippen LogP contribution is -2.51. The zero-order valence-electron chi connectivity index (χ0n) is 11.7. The Kier molecular flexibility index (Phi) is 4.38. The highest BCUT2D eigenvalue weighted by atomic mass is 32.2. The molecule has 1 amide bonds. The van der Waals surface area contributed by atoms with Crippen molar-refractivity contribution in [2.45, 2.75) is 33.2 Å². The van der Waals surface area contributed by atoms with Crippen LogP contribution in [0.3, 0.4) is 0 Å². The van der Waals surface area contributed by atoms with Crippen molar-refractivity contribution >= 4 is 17.7 Å². The smallest absolute Gasteiger partial charge is 0.240 e. The van der Waals surface area contributed by atoms with Crippen LogP contribution in [0.2, 0.25) is 0 Å². The summed E-state index contributed by atoms with van der Waals surface area (Å²) in [4.78, 5) is 14.3. The molecule has 2 aliphatic heterocycles. The fourth-order valence-corrected chi connectivity index (χ4v) is 3.42. The van der Waals surface area contributed by atoms with Crippen LogP contribution in [0, 0.1) is 5.41 Å². The van der Waals surface area contributed by atoms with E-state index in [0.29, 0.717) is 0 Å². The Morgan fingerprint density at radius 2 is 2.28 bits per heavy atom. The summed E-state index contributed by atoms with van der Waals surface area (Å²) in [5.74, 6) is 2.33. The minimum Gasteiger partial charge on any atom is -0.337 e. The molecule has 0 radical (unpaired) electrons. The van der Waals surface area contributed by atoms with Crippen LogP contribution in [0.15, 0.2) is 11.6 Å². The number of nitrogens with one attached hydrogen (secondary N) is 1. The van der Waals surface area contributed by atoms with Crippen LogP contribution in [0.5, 0.6) is 0 Å². The second kappa shape index (κ2) is 5.66. The number of carbonyl (C=O) groups is 1. The SMILES string of the molecule is CC(C)(C)C1=CCN(C(=O)C2CSCCN2)CC1. The molecule has 0 aromatic carbocycles. The third kappa shape index (κ3) is 3.29. The van der Waals surface area contributed by atoms with E-state index in [1.165, 1.54) is 5.57 Å². The average molecular weight is 268 g/mol. The lowest BCUT2D eigenvalue weighted by molar-refractivity contribution is -0.132. The van der Waals surface area contributed by atoms with Crippen molar-refractivity contribution in [2.75, 3.05) is 31.1 Å². The van der Waals surface area contributed by atoms with Gasteiger partial charge in [-0.25, -0.2) is 0 Å². The minimum absolute atomic E-state index is 0.0355. The standard InChI is InChI=1S/C14H24N2OS/c1-14(2,3)11-4-7-16(8-5-11)13(17)12-10-18-9-6-15-12/h4,12,15H,5-10H2,1-3H3. The molecule has 0 aromatic rings. The summed E-state index contributed by atoms with van der Waals surface area (Å²) in [5, 5.41) is 3.32. The molecule has 2 rings (SSSR count). The van der Waals surface area contributed by atoms with Gasteiger partial charge in [-0.3, -0.25) is 4.79 Å². The predicted octanol–water partition coefficient (Wildman–Crippen LogP) is 1.90. The van der Waals surface area contributed by atoms with Gasteiger partial charge in [-0.2, -0.15) is 11.8 Å². The van der Waals surface area contributed by atoms with Gasteiger partial charge in [0.1, 0.15) is 0 Å². The van der Waals surface area contributed by atoms with Crippen molar-refractivity contribution < 1.29 is 4.79 Å². The molecule has 1 atom stereocenters. The summed E-state index contributed by atoms with van der Waals surface area (Å²) in [6.45, 7) is 9.36. The first-order valence-electron chi connectivity index (χ1n) is 6.78. The number of hydrogen-bond donors (Lipinski definition) is 1. The quantitative estimate of drug-likeness (QED) is 0.737. The van der Waals surface area contributed by atoms with E-state index in [1.54, 1.807) is 0 Å². The number of nitrogens with zero attached hydrogens (tertiary/aromatic N) is 1. The van der Waals surface area contributed by atoms with Crippen molar-refractivity contribution in [1.82, 2.24) is 10.2 Å². The molecule has 1 saturated heterocycles. The molecule has 2 aliphatic rings. The Morgan fingerprint density at radius 3 is 2.78 bits per heavy atom. The Bertz CT molecular complexity index is 340. The van der Waals surface area contributed by atoms with Crippen molar-refractivity contribution in [3.8, 4) is 0 Å². The highest BCUT2D eigenvalue weighted by Gasteiger charge is 2.28. The maximum absolute atomic E-state index is 12.3. The first-order chi connectivity index (χ1) is 8.48. The molecule has 0 spiro atoms. The van der Waals surface area contributed by atoms with Crippen LogP contribution < -0.4 is 5.32 Å². The summed E-state index contributed by atoms with van der Waals surface area (Å²) in [6, 6.07) is 0.0355. The van der Waals surface area contributed by atoms with Crippen molar-refractivity contribution in [3.63, 3.8) is 0 Å². The molecule has 0 bridgehead atoms. The molecule has 0 aromatic heterocycles. The normalized spacial score (nSPS) is 25.8. The summed E-state index contributed by atoms with van der Waals surface area (Å²) in [7, 11) is 0. The number of carbonyl (C=O) groups excluding carboxylic acids is 1. The molecule has 4 heteroatoms. The van der Waals surface area contributed by atoms with E-state index in [1.807, 2.05) is 16.7 Å². The van der Waals surface area contributed by atoms with Crippen LogP contribution in [0.1, 0.15) is 27.2 Å². The maximum atomic E-state index is 12.3. The zero-order chi connectivity index (χ0) is 13.2. The molecule has 102 valence electrons. The Labute approximate surface area is 114 Å². The van der Waals surface area contributed by atoms with E-state index in [-0.39, 0.29) is 17.4 Å². The number of amides is 1. The molecule has 3 nitrogen and oxygen atoms in total. The zero-order valence-corrected chi connectivity index (χ0v) is 12.5. The Balaban J connectivity index is 1.92. The van der Waals surface area contributed by atoms with Crippen molar-refractivity contribution in [1.29, 1.82) is 0 Å². The molecular weight excluding hydrogens is 244 g/mol. The molecule has 2 heterocycles. The van der Waals surface area contributed by atoms with E-state index < -0.39 is 0 Å². The van der Waals surface area contributed by atoms with Crippen LogP contribution in [0.4, 0.5) is 0 Å². The van der Waals surface area contributed by atoms with E-state index in [2.05, 4.69) is 32.2 Å². The van der Waals surface area contributed by atoms with Gasteiger partial charge >= 0.3 is 0 Å². The minimum atomic E-state index is 0.0355. The summed E-state index contributed by atoms with van der Waals surface area (Å²) < 4.78 is 0. The molecule has 0 saturated carbocycles. The highest BCUT2D eigenvalue weighted by molar-refractivity contribution is 7.99. The number of hydrogen-bond acceptors (Lipinski definition) is 3. The second-order valence-electron chi connectivity index (χ2n) is 6.10.